The summed E-state index contributed by atoms with van der Waals surface area (Å²) in [5.74, 6) is 0.350. The first-order chi connectivity index (χ1) is 9.51. The molecule has 1 atom stereocenters. The van der Waals surface area contributed by atoms with Gasteiger partial charge in [-0.1, -0.05) is 33.6 Å². The fourth-order valence-electron chi connectivity index (χ4n) is 1.93. The molecule has 0 heterocycles. The summed E-state index contributed by atoms with van der Waals surface area (Å²) in [5, 5.41) is 3.89. The maximum Gasteiger partial charge on any atom is 0.139 e. The van der Waals surface area contributed by atoms with Crippen molar-refractivity contribution in [2.24, 2.45) is 0 Å². The van der Waals surface area contributed by atoms with Crippen LogP contribution in [0, 0.1) is 5.82 Å². The van der Waals surface area contributed by atoms with E-state index in [0.717, 1.165) is 15.7 Å². The summed E-state index contributed by atoms with van der Waals surface area (Å²) >= 11 is 9.37. The molecule has 1 unspecified atom stereocenters. The molecule has 2 aromatic carbocycles. The molecule has 2 rings (SSSR count). The topological polar surface area (TPSA) is 21.3 Å². The number of benzene rings is 2. The second-order valence-electron chi connectivity index (χ2n) is 4.38. The van der Waals surface area contributed by atoms with Crippen LogP contribution in [0.4, 0.5) is 10.1 Å². The van der Waals surface area contributed by atoms with Crippen molar-refractivity contribution in [2.45, 2.75) is 13.0 Å². The summed E-state index contributed by atoms with van der Waals surface area (Å²) in [6, 6.07) is 10.1. The van der Waals surface area contributed by atoms with E-state index in [-0.39, 0.29) is 11.9 Å². The summed E-state index contributed by atoms with van der Waals surface area (Å²) in [6.45, 7) is 2.00. The largest absolute Gasteiger partial charge is 0.495 e. The summed E-state index contributed by atoms with van der Waals surface area (Å²) in [4.78, 5) is 0. The maximum absolute atomic E-state index is 13.1. The second kappa shape index (κ2) is 6.46. The number of hydrogen-bond acceptors (Lipinski definition) is 2. The summed E-state index contributed by atoms with van der Waals surface area (Å²) in [6.07, 6.45) is 0. The Morgan fingerprint density at radius 1 is 1.25 bits per heavy atom. The first-order valence-corrected chi connectivity index (χ1v) is 7.23. The van der Waals surface area contributed by atoms with E-state index in [2.05, 4.69) is 21.2 Å². The predicted molar refractivity (Wildman–Crippen MR) is 84.1 cm³/mol. The van der Waals surface area contributed by atoms with E-state index >= 15 is 0 Å². The number of hydrogen-bond donors (Lipinski definition) is 1. The molecular formula is C15H14BrClFNO. The van der Waals surface area contributed by atoms with Crippen molar-refractivity contribution in [3.8, 4) is 5.75 Å². The van der Waals surface area contributed by atoms with Crippen LogP contribution in [-0.2, 0) is 0 Å². The quantitative estimate of drug-likeness (QED) is 0.787. The Hall–Kier alpha value is -1.26. The molecule has 0 aromatic heterocycles. The highest BCUT2D eigenvalue weighted by molar-refractivity contribution is 9.10. The lowest BCUT2D eigenvalue weighted by molar-refractivity contribution is 0.415. The van der Waals surface area contributed by atoms with Gasteiger partial charge in [-0.3, -0.25) is 0 Å². The van der Waals surface area contributed by atoms with Crippen molar-refractivity contribution in [3.63, 3.8) is 0 Å². The molecule has 0 amide bonds. The van der Waals surface area contributed by atoms with Gasteiger partial charge >= 0.3 is 0 Å². The summed E-state index contributed by atoms with van der Waals surface area (Å²) in [7, 11) is 1.57. The molecule has 0 spiro atoms. The van der Waals surface area contributed by atoms with Crippen molar-refractivity contribution < 1.29 is 9.13 Å². The van der Waals surface area contributed by atoms with Gasteiger partial charge in [-0.25, -0.2) is 4.39 Å². The van der Waals surface area contributed by atoms with Crippen molar-refractivity contribution in [3.05, 3.63) is 57.3 Å². The molecule has 20 heavy (non-hydrogen) atoms. The van der Waals surface area contributed by atoms with Crippen LogP contribution >= 0.6 is 27.5 Å². The predicted octanol–water partition coefficient (Wildman–Crippen LogP) is 5.42. The van der Waals surface area contributed by atoms with Gasteiger partial charge in [0.1, 0.15) is 11.6 Å². The lowest BCUT2D eigenvalue weighted by Gasteiger charge is -2.18. The Balaban J connectivity index is 2.21. The van der Waals surface area contributed by atoms with E-state index in [9.17, 15) is 4.39 Å². The molecule has 0 aliphatic rings. The van der Waals surface area contributed by atoms with Crippen LogP contribution in [0.25, 0.3) is 0 Å². The van der Waals surface area contributed by atoms with Crippen LogP contribution in [0.2, 0.25) is 5.02 Å². The van der Waals surface area contributed by atoms with Crippen LogP contribution in [-0.4, -0.2) is 7.11 Å². The van der Waals surface area contributed by atoms with Gasteiger partial charge in [-0.2, -0.15) is 0 Å². The van der Waals surface area contributed by atoms with Crippen molar-refractivity contribution in [2.75, 3.05) is 12.4 Å². The molecule has 0 aliphatic heterocycles. The molecule has 0 fully saturated rings. The normalized spacial score (nSPS) is 12.1. The van der Waals surface area contributed by atoms with E-state index in [1.165, 1.54) is 12.1 Å². The summed E-state index contributed by atoms with van der Waals surface area (Å²) in [5.41, 5.74) is 1.86. The highest BCUT2D eigenvalue weighted by Gasteiger charge is 2.11. The van der Waals surface area contributed by atoms with Crippen molar-refractivity contribution in [1.29, 1.82) is 0 Å². The molecule has 0 bridgehead atoms. The Kier molecular flexibility index (Phi) is 4.89. The Labute approximate surface area is 131 Å². The van der Waals surface area contributed by atoms with Crippen molar-refractivity contribution in [1.82, 2.24) is 0 Å². The number of nitrogens with one attached hydrogen (secondary N) is 1. The number of methoxy groups -OCH3 is 1. The molecule has 2 aromatic rings. The van der Waals surface area contributed by atoms with E-state index in [0.29, 0.717) is 10.8 Å². The molecule has 0 radical (unpaired) electrons. The fourth-order valence-corrected chi connectivity index (χ4v) is 2.82. The number of rotatable bonds is 4. The van der Waals surface area contributed by atoms with Crippen LogP contribution in [0.5, 0.6) is 5.75 Å². The SMILES string of the molecule is COc1cc(NC(C)c2ccc(F)cc2Br)ccc1Cl. The average molecular weight is 359 g/mol. The Bertz CT molecular complexity index is 621. The lowest BCUT2D eigenvalue weighted by atomic mass is 10.1. The third kappa shape index (κ3) is 3.44. The van der Waals surface area contributed by atoms with Gasteiger partial charge in [-0.05, 0) is 36.8 Å². The molecule has 5 heteroatoms. The highest BCUT2D eigenvalue weighted by atomic mass is 79.9. The average Bonchev–Trinajstić information content (AvgIpc) is 2.40. The van der Waals surface area contributed by atoms with Gasteiger partial charge in [-0.15, -0.1) is 0 Å². The minimum Gasteiger partial charge on any atom is -0.495 e. The Morgan fingerprint density at radius 3 is 2.65 bits per heavy atom. The van der Waals surface area contributed by atoms with Gasteiger partial charge in [0.25, 0.3) is 0 Å². The number of halogens is 3. The molecule has 1 N–H and O–H groups in total. The van der Waals surface area contributed by atoms with E-state index < -0.39 is 0 Å². The van der Waals surface area contributed by atoms with Crippen LogP contribution in [0.1, 0.15) is 18.5 Å². The Morgan fingerprint density at radius 2 is 2.00 bits per heavy atom. The zero-order valence-corrected chi connectivity index (χ0v) is 13.4. The van der Waals surface area contributed by atoms with Crippen LogP contribution in [0.15, 0.2) is 40.9 Å². The molecule has 0 saturated carbocycles. The van der Waals surface area contributed by atoms with Gasteiger partial charge < -0.3 is 10.1 Å². The number of ether oxygens (including phenoxy) is 1. The van der Waals surface area contributed by atoms with Gasteiger partial charge in [0.15, 0.2) is 0 Å². The minimum atomic E-state index is -0.263. The van der Waals surface area contributed by atoms with Gasteiger partial charge in [0.05, 0.1) is 12.1 Å². The van der Waals surface area contributed by atoms with Crippen LogP contribution in [0.3, 0.4) is 0 Å². The maximum atomic E-state index is 13.1. The smallest absolute Gasteiger partial charge is 0.139 e. The van der Waals surface area contributed by atoms with Crippen LogP contribution < -0.4 is 10.1 Å². The highest BCUT2D eigenvalue weighted by Crippen LogP contribution is 2.31. The minimum absolute atomic E-state index is 0.0101. The molecule has 106 valence electrons. The first kappa shape index (κ1) is 15.1. The zero-order valence-electron chi connectivity index (χ0n) is 11.1. The molecule has 2 nitrogen and oxygen atoms in total. The zero-order chi connectivity index (χ0) is 14.7. The van der Waals surface area contributed by atoms with E-state index in [1.54, 1.807) is 19.2 Å². The molecule has 0 saturated heterocycles. The monoisotopic (exact) mass is 357 g/mol. The summed E-state index contributed by atoms with van der Waals surface area (Å²) < 4.78 is 19.0. The molecule has 0 aliphatic carbocycles. The molecular weight excluding hydrogens is 345 g/mol. The number of anilines is 1. The van der Waals surface area contributed by atoms with E-state index in [1.807, 2.05) is 19.1 Å². The van der Waals surface area contributed by atoms with Gasteiger partial charge in [0.2, 0.25) is 0 Å². The van der Waals surface area contributed by atoms with Gasteiger partial charge in [0, 0.05) is 22.3 Å². The lowest BCUT2D eigenvalue weighted by Crippen LogP contribution is -2.07. The van der Waals surface area contributed by atoms with E-state index in [4.69, 9.17) is 16.3 Å². The third-order valence-electron chi connectivity index (χ3n) is 2.96. The second-order valence-corrected chi connectivity index (χ2v) is 5.64. The standard InChI is InChI=1S/C15H14BrClFNO/c1-9(12-5-3-10(18)7-13(12)16)19-11-4-6-14(17)15(8-11)20-2/h3-9,19H,1-2H3. The van der Waals surface area contributed by atoms with Crippen molar-refractivity contribution >= 4 is 33.2 Å². The fraction of sp³-hybridized carbons (Fsp3) is 0.200. The third-order valence-corrected chi connectivity index (χ3v) is 3.96. The first-order valence-electron chi connectivity index (χ1n) is 6.06.